The minimum absolute atomic E-state index is 0.410. The third-order valence-corrected chi connectivity index (χ3v) is 16.3. The molecule has 4 heteroatoms. The van der Waals surface area contributed by atoms with Crippen LogP contribution in [-0.4, -0.2) is 9.13 Å². The molecular formula is C70H42N4. The van der Waals surface area contributed by atoms with E-state index in [4.69, 9.17) is 0 Å². The van der Waals surface area contributed by atoms with Crippen LogP contribution in [0.5, 0.6) is 0 Å². The Morgan fingerprint density at radius 2 is 0.635 bits per heavy atom. The maximum absolute atomic E-state index is 11.5. The number of hydrogen-bond donors (Lipinski definition) is 0. The molecule has 0 unspecified atom stereocenters. The Bertz CT molecular complexity index is 4180. The number of para-hydroxylation sites is 2. The maximum Gasteiger partial charge on any atom is 0.101 e. The zero-order chi connectivity index (χ0) is 49.1. The molecular weight excluding hydrogens is 897 g/mol. The molecule has 0 radical (unpaired) electrons. The normalized spacial score (nSPS) is 13.6. The van der Waals surface area contributed by atoms with Gasteiger partial charge in [0.2, 0.25) is 0 Å². The SMILES string of the molecule is N#Cc1cc(C#N)c(-n2c3ccccc3c3ccc4c(c32)C(c2ccccc2)(c2ccccc2)c2ccccc2-4)cc1-n1c2ccccc2c2ccc3c(c21)C(c1ccccc1)(c1ccccc1)c1ccccc1-3. The molecule has 0 atom stereocenters. The van der Waals surface area contributed by atoms with Crippen LogP contribution < -0.4 is 0 Å². The molecule has 0 spiro atoms. The van der Waals surface area contributed by atoms with Gasteiger partial charge in [0.1, 0.15) is 12.1 Å². The van der Waals surface area contributed by atoms with Gasteiger partial charge in [-0.25, -0.2) is 0 Å². The highest BCUT2D eigenvalue weighted by atomic mass is 15.0. The van der Waals surface area contributed by atoms with Gasteiger partial charge in [-0.1, -0.05) is 231 Å². The molecule has 15 rings (SSSR count). The molecule has 2 aliphatic rings. The second-order valence-corrected chi connectivity index (χ2v) is 19.6. The van der Waals surface area contributed by atoms with Crippen molar-refractivity contribution in [2.24, 2.45) is 0 Å². The Balaban J connectivity index is 1.12. The summed E-state index contributed by atoms with van der Waals surface area (Å²) in [5, 5.41) is 27.3. The van der Waals surface area contributed by atoms with Gasteiger partial charge in [-0.2, -0.15) is 10.5 Å². The Morgan fingerprint density at radius 1 is 0.297 bits per heavy atom. The van der Waals surface area contributed by atoms with Gasteiger partial charge in [0, 0.05) is 32.7 Å². The molecule has 11 aromatic carbocycles. The topological polar surface area (TPSA) is 57.4 Å². The molecule has 2 aliphatic carbocycles. The second kappa shape index (κ2) is 15.7. The fourth-order valence-corrected chi connectivity index (χ4v) is 13.6. The van der Waals surface area contributed by atoms with Crippen LogP contribution in [-0.2, 0) is 10.8 Å². The van der Waals surface area contributed by atoms with Crippen molar-refractivity contribution in [3.8, 4) is 45.8 Å². The van der Waals surface area contributed by atoms with Gasteiger partial charge >= 0.3 is 0 Å². The van der Waals surface area contributed by atoms with Crippen molar-refractivity contribution >= 4 is 43.6 Å². The van der Waals surface area contributed by atoms with E-state index in [1.807, 2.05) is 6.07 Å². The molecule has 0 fully saturated rings. The summed E-state index contributed by atoms with van der Waals surface area (Å²) in [5.41, 5.74) is 18.7. The van der Waals surface area contributed by atoms with Crippen molar-refractivity contribution < 1.29 is 0 Å². The first-order valence-corrected chi connectivity index (χ1v) is 25.2. The lowest BCUT2D eigenvalue weighted by Gasteiger charge is -2.35. The van der Waals surface area contributed by atoms with E-state index in [9.17, 15) is 10.5 Å². The van der Waals surface area contributed by atoms with Crippen LogP contribution in [0.3, 0.4) is 0 Å². The summed E-state index contributed by atoms with van der Waals surface area (Å²) < 4.78 is 4.68. The van der Waals surface area contributed by atoms with Gasteiger partial charge in [-0.05, 0) is 79.9 Å². The molecule has 2 aromatic heterocycles. The maximum atomic E-state index is 11.5. The van der Waals surface area contributed by atoms with Gasteiger partial charge in [0.05, 0.1) is 55.4 Å². The summed E-state index contributed by atoms with van der Waals surface area (Å²) in [6, 6.07) is 96.8. The molecule has 342 valence electrons. The van der Waals surface area contributed by atoms with Gasteiger partial charge in [-0.15, -0.1) is 0 Å². The number of nitriles is 2. The minimum atomic E-state index is -0.733. The van der Waals surface area contributed by atoms with Crippen LogP contribution in [0, 0.1) is 22.7 Å². The van der Waals surface area contributed by atoms with E-state index in [1.54, 1.807) is 0 Å². The zero-order valence-corrected chi connectivity index (χ0v) is 40.0. The molecule has 13 aromatic rings. The summed E-state index contributed by atoms with van der Waals surface area (Å²) >= 11 is 0. The number of rotatable bonds is 6. The summed E-state index contributed by atoms with van der Waals surface area (Å²) in [4.78, 5) is 0. The van der Waals surface area contributed by atoms with Crippen LogP contribution >= 0.6 is 0 Å². The minimum Gasteiger partial charge on any atom is -0.307 e. The number of nitrogens with zero attached hydrogens (tertiary/aromatic N) is 4. The fourth-order valence-electron chi connectivity index (χ4n) is 13.6. The van der Waals surface area contributed by atoms with Crippen molar-refractivity contribution in [2.45, 2.75) is 10.8 Å². The van der Waals surface area contributed by atoms with E-state index in [0.29, 0.717) is 22.5 Å². The standard InChI is InChI=1S/C70H42N4/c71-43-45-41-46(44-72)64(74-62-36-20-16-32-54(62)58-40-38-56-52-30-14-18-34-60(52)70(66(56)68(58)74,49-25-9-3-10-26-49)50-27-11-4-12-28-50)42-63(45)73-61-35-19-15-31-53(61)57-39-37-55-51-29-13-17-33-59(51)69(65(55)67(57)73,47-21-5-1-6-22-47)48-23-7-2-8-24-48/h1-42H. The Morgan fingerprint density at radius 3 is 1.01 bits per heavy atom. The van der Waals surface area contributed by atoms with Crippen molar-refractivity contribution in [3.05, 3.63) is 310 Å². The molecule has 0 saturated carbocycles. The molecule has 0 bridgehead atoms. The first kappa shape index (κ1) is 41.8. The van der Waals surface area contributed by atoms with Gasteiger partial charge in [-0.3, -0.25) is 0 Å². The van der Waals surface area contributed by atoms with Crippen LogP contribution in [0.15, 0.2) is 255 Å². The number of hydrogen-bond acceptors (Lipinski definition) is 2. The van der Waals surface area contributed by atoms with E-state index in [-0.39, 0.29) is 0 Å². The smallest absolute Gasteiger partial charge is 0.101 e. The van der Waals surface area contributed by atoms with E-state index >= 15 is 0 Å². The van der Waals surface area contributed by atoms with Crippen molar-refractivity contribution in [2.75, 3.05) is 0 Å². The number of aromatic nitrogens is 2. The third-order valence-electron chi connectivity index (χ3n) is 16.3. The molecule has 4 nitrogen and oxygen atoms in total. The molecule has 0 aliphatic heterocycles. The van der Waals surface area contributed by atoms with Crippen LogP contribution in [0.4, 0.5) is 0 Å². The summed E-state index contributed by atoms with van der Waals surface area (Å²) in [5.74, 6) is 0. The average Bonchev–Trinajstić information content (AvgIpc) is 4.19. The number of benzene rings is 11. The van der Waals surface area contributed by atoms with Crippen LogP contribution in [0.25, 0.3) is 77.2 Å². The molecule has 0 amide bonds. The average molecular weight is 939 g/mol. The highest BCUT2D eigenvalue weighted by Gasteiger charge is 2.50. The van der Waals surface area contributed by atoms with Gasteiger partial charge in [0.25, 0.3) is 0 Å². The summed E-state index contributed by atoms with van der Waals surface area (Å²) in [6.07, 6.45) is 0. The highest BCUT2D eigenvalue weighted by Crippen LogP contribution is 2.61. The van der Waals surface area contributed by atoms with E-state index in [2.05, 4.69) is 270 Å². The Hall–Kier alpha value is -10.0. The van der Waals surface area contributed by atoms with Crippen LogP contribution in [0.1, 0.15) is 55.6 Å². The first-order chi connectivity index (χ1) is 36.7. The first-order valence-electron chi connectivity index (χ1n) is 25.2. The largest absolute Gasteiger partial charge is 0.307 e. The quantitative estimate of drug-likeness (QED) is 0.167. The van der Waals surface area contributed by atoms with E-state index in [1.165, 1.54) is 22.3 Å². The molecule has 0 saturated heterocycles. The predicted octanol–water partition coefficient (Wildman–Crippen LogP) is 16.4. The zero-order valence-electron chi connectivity index (χ0n) is 40.0. The summed E-state index contributed by atoms with van der Waals surface area (Å²) in [7, 11) is 0. The number of fused-ring (bicyclic) bond motifs is 14. The monoisotopic (exact) mass is 938 g/mol. The van der Waals surface area contributed by atoms with E-state index in [0.717, 1.165) is 88.1 Å². The molecule has 0 N–H and O–H groups in total. The lowest BCUT2D eigenvalue weighted by Crippen LogP contribution is -2.29. The predicted molar refractivity (Wildman–Crippen MR) is 299 cm³/mol. The van der Waals surface area contributed by atoms with Gasteiger partial charge in [0.15, 0.2) is 0 Å². The van der Waals surface area contributed by atoms with Gasteiger partial charge < -0.3 is 9.13 Å². The van der Waals surface area contributed by atoms with Crippen LogP contribution in [0.2, 0.25) is 0 Å². The summed E-state index contributed by atoms with van der Waals surface area (Å²) in [6.45, 7) is 0. The second-order valence-electron chi connectivity index (χ2n) is 19.6. The Kier molecular flexibility index (Phi) is 8.89. The Labute approximate surface area is 428 Å². The van der Waals surface area contributed by atoms with Crippen molar-refractivity contribution in [1.82, 2.24) is 9.13 Å². The third kappa shape index (κ3) is 5.33. The van der Waals surface area contributed by atoms with E-state index < -0.39 is 10.8 Å². The lowest BCUT2D eigenvalue weighted by atomic mass is 9.67. The fraction of sp³-hybridized carbons (Fsp3) is 0.0286. The molecule has 2 heterocycles. The lowest BCUT2D eigenvalue weighted by molar-refractivity contribution is 0.771. The van der Waals surface area contributed by atoms with Crippen molar-refractivity contribution in [1.29, 1.82) is 10.5 Å². The molecule has 74 heavy (non-hydrogen) atoms. The highest BCUT2D eigenvalue weighted by molar-refractivity contribution is 6.16. The van der Waals surface area contributed by atoms with Crippen molar-refractivity contribution in [3.63, 3.8) is 0 Å².